The Morgan fingerprint density at radius 1 is 1.29 bits per heavy atom. The molecule has 0 saturated carbocycles. The van der Waals surface area contributed by atoms with Crippen molar-refractivity contribution in [3.63, 3.8) is 0 Å². The van der Waals surface area contributed by atoms with Gasteiger partial charge < -0.3 is 15.0 Å². The summed E-state index contributed by atoms with van der Waals surface area (Å²) in [5.41, 5.74) is 7.17. The molecule has 0 aliphatic heterocycles. The van der Waals surface area contributed by atoms with E-state index in [9.17, 15) is 0 Å². The van der Waals surface area contributed by atoms with Gasteiger partial charge in [0, 0.05) is 12.0 Å². The van der Waals surface area contributed by atoms with Gasteiger partial charge >= 0.3 is 0 Å². The van der Waals surface area contributed by atoms with Crippen LogP contribution in [0.15, 0.2) is 40.2 Å². The summed E-state index contributed by atoms with van der Waals surface area (Å²) in [5, 5.41) is 6.26. The number of aromatic nitrogens is 3. The third-order valence-electron chi connectivity index (χ3n) is 2.85. The molecule has 6 nitrogen and oxygen atoms in total. The molecule has 2 N–H and O–H groups in total. The Bertz CT molecular complexity index is 711. The van der Waals surface area contributed by atoms with Crippen LogP contribution in [-0.4, -0.2) is 21.7 Å². The van der Waals surface area contributed by atoms with Crippen molar-refractivity contribution < 1.29 is 9.26 Å². The number of ether oxygens (including phenoxy) is 1. The fourth-order valence-electron chi connectivity index (χ4n) is 1.95. The molecule has 2 aromatic heterocycles. The number of benzene rings is 1. The Morgan fingerprint density at radius 2 is 2.10 bits per heavy atom. The predicted octanol–water partition coefficient (Wildman–Crippen LogP) is 2.90. The first kappa shape index (κ1) is 13.7. The molecule has 0 fully saturated rings. The fourth-order valence-corrected chi connectivity index (χ4v) is 2.48. The van der Waals surface area contributed by atoms with E-state index < -0.39 is 0 Å². The molecule has 0 amide bonds. The number of nitrogen functional groups attached to an aromatic ring is 1. The van der Waals surface area contributed by atoms with Gasteiger partial charge in [-0.1, -0.05) is 35.5 Å². The van der Waals surface area contributed by atoms with Crippen molar-refractivity contribution in [1.82, 2.24) is 15.1 Å². The molecule has 0 aliphatic rings. The number of nitrogens with two attached hydrogens (primary N) is 1. The molecule has 0 spiro atoms. The maximum atomic E-state index is 5.74. The van der Waals surface area contributed by atoms with E-state index >= 15 is 0 Å². The molecule has 3 rings (SSSR count). The number of hydrogen-bond acceptors (Lipinski definition) is 7. The first-order valence-corrected chi connectivity index (χ1v) is 7.37. The number of hydrogen-bond donors (Lipinski definition) is 1. The zero-order valence-corrected chi connectivity index (χ0v) is 12.2. The van der Waals surface area contributed by atoms with Crippen LogP contribution < -0.4 is 5.73 Å². The monoisotopic (exact) mass is 302 g/mol. The molecule has 1 aromatic carbocycles. The van der Waals surface area contributed by atoms with Gasteiger partial charge in [-0.25, -0.2) is 4.98 Å². The molecule has 3 aromatic rings. The smallest absolute Gasteiger partial charge is 0.277 e. The van der Waals surface area contributed by atoms with Crippen molar-refractivity contribution >= 4 is 16.5 Å². The molecule has 1 atom stereocenters. The van der Waals surface area contributed by atoms with Gasteiger partial charge in [0.2, 0.25) is 5.82 Å². The summed E-state index contributed by atoms with van der Waals surface area (Å²) in [6.07, 6.45) is -0.357. The number of nitrogens with zero attached hydrogens (tertiary/aromatic N) is 3. The number of thiazole rings is 1. The van der Waals surface area contributed by atoms with Crippen LogP contribution in [0.1, 0.15) is 24.4 Å². The average Bonchev–Trinajstić information content (AvgIpc) is 3.14. The Hall–Kier alpha value is -2.25. The topological polar surface area (TPSA) is 87.1 Å². The molecule has 2 heterocycles. The van der Waals surface area contributed by atoms with Crippen molar-refractivity contribution in [3.05, 3.63) is 47.1 Å². The molecule has 0 bridgehead atoms. The van der Waals surface area contributed by atoms with Crippen LogP contribution in [-0.2, 0) is 4.74 Å². The molecule has 7 heteroatoms. The maximum absolute atomic E-state index is 5.74. The first-order chi connectivity index (χ1) is 10.3. The van der Waals surface area contributed by atoms with Crippen molar-refractivity contribution in [2.24, 2.45) is 0 Å². The summed E-state index contributed by atoms with van der Waals surface area (Å²) in [6.45, 7) is 2.48. The van der Waals surface area contributed by atoms with Crippen molar-refractivity contribution in [3.8, 4) is 11.6 Å². The van der Waals surface area contributed by atoms with E-state index in [2.05, 4.69) is 15.1 Å². The van der Waals surface area contributed by atoms with E-state index in [1.807, 2.05) is 37.3 Å². The lowest BCUT2D eigenvalue weighted by molar-refractivity contribution is 0.0833. The quantitative estimate of drug-likeness (QED) is 0.779. The van der Waals surface area contributed by atoms with E-state index in [1.165, 1.54) is 11.3 Å². The Morgan fingerprint density at radius 3 is 2.76 bits per heavy atom. The zero-order chi connectivity index (χ0) is 14.7. The normalized spacial score (nSPS) is 12.4. The Balaban J connectivity index is 1.92. The van der Waals surface area contributed by atoms with E-state index in [-0.39, 0.29) is 6.10 Å². The minimum atomic E-state index is -0.357. The van der Waals surface area contributed by atoms with E-state index in [0.29, 0.717) is 29.1 Å². The highest BCUT2D eigenvalue weighted by Crippen LogP contribution is 2.27. The average molecular weight is 302 g/mol. The van der Waals surface area contributed by atoms with Crippen LogP contribution in [0.4, 0.5) is 5.13 Å². The highest BCUT2D eigenvalue weighted by Gasteiger charge is 2.22. The van der Waals surface area contributed by atoms with E-state index in [4.69, 9.17) is 15.0 Å². The first-order valence-electron chi connectivity index (χ1n) is 6.49. The van der Waals surface area contributed by atoms with Gasteiger partial charge in [0.15, 0.2) is 5.13 Å². The minimum Gasteiger partial charge on any atom is -0.375 e. The molecule has 0 radical (unpaired) electrons. The second-order valence-electron chi connectivity index (χ2n) is 4.27. The molecule has 0 saturated heterocycles. The third-order valence-corrected chi connectivity index (χ3v) is 3.53. The van der Waals surface area contributed by atoms with Gasteiger partial charge in [0.05, 0.1) is 0 Å². The molecule has 0 aliphatic carbocycles. The van der Waals surface area contributed by atoms with Gasteiger partial charge in [-0.2, -0.15) is 4.98 Å². The van der Waals surface area contributed by atoms with Crippen molar-refractivity contribution in [1.29, 1.82) is 0 Å². The molecule has 1 unspecified atom stereocenters. The van der Waals surface area contributed by atoms with E-state index in [0.717, 1.165) is 5.56 Å². The number of rotatable bonds is 5. The van der Waals surface area contributed by atoms with Crippen LogP contribution in [0.2, 0.25) is 0 Å². The second-order valence-corrected chi connectivity index (χ2v) is 5.16. The third kappa shape index (κ3) is 2.93. The van der Waals surface area contributed by atoms with Crippen LogP contribution in [0, 0.1) is 0 Å². The van der Waals surface area contributed by atoms with Gasteiger partial charge in [0.25, 0.3) is 5.89 Å². The summed E-state index contributed by atoms with van der Waals surface area (Å²) in [4.78, 5) is 8.51. The largest absolute Gasteiger partial charge is 0.375 e. The van der Waals surface area contributed by atoms with Crippen molar-refractivity contribution in [2.45, 2.75) is 13.0 Å². The zero-order valence-electron chi connectivity index (χ0n) is 11.4. The summed E-state index contributed by atoms with van der Waals surface area (Å²) in [5.74, 6) is 0.822. The lowest BCUT2D eigenvalue weighted by Gasteiger charge is -2.13. The molecular formula is C14H14N4O2S. The van der Waals surface area contributed by atoms with Gasteiger partial charge in [-0.05, 0) is 12.5 Å². The Kier molecular flexibility index (Phi) is 3.94. The summed E-state index contributed by atoms with van der Waals surface area (Å²) in [7, 11) is 0. The van der Waals surface area contributed by atoms with Gasteiger partial charge in [0.1, 0.15) is 11.8 Å². The highest BCUT2D eigenvalue weighted by atomic mass is 32.1. The molecule has 21 heavy (non-hydrogen) atoms. The SMILES string of the molecule is CCOC(c1ccccc1)c1noc(-c2csc(N)n2)n1. The fraction of sp³-hybridized carbons (Fsp3) is 0.214. The second kappa shape index (κ2) is 6.02. The van der Waals surface area contributed by atoms with Gasteiger partial charge in [-0.15, -0.1) is 11.3 Å². The lowest BCUT2D eigenvalue weighted by Crippen LogP contribution is -2.07. The summed E-state index contributed by atoms with van der Waals surface area (Å²) >= 11 is 1.33. The lowest BCUT2D eigenvalue weighted by atomic mass is 10.1. The Labute approximate surface area is 125 Å². The molecular weight excluding hydrogens is 288 g/mol. The minimum absolute atomic E-state index is 0.346. The molecule has 108 valence electrons. The highest BCUT2D eigenvalue weighted by molar-refractivity contribution is 7.13. The number of anilines is 1. The predicted molar refractivity (Wildman–Crippen MR) is 79.7 cm³/mol. The van der Waals surface area contributed by atoms with E-state index in [1.54, 1.807) is 5.38 Å². The van der Waals surface area contributed by atoms with Gasteiger partial charge in [-0.3, -0.25) is 0 Å². The van der Waals surface area contributed by atoms with Crippen LogP contribution >= 0.6 is 11.3 Å². The van der Waals surface area contributed by atoms with Crippen LogP contribution in [0.5, 0.6) is 0 Å². The standard InChI is InChI=1S/C14H14N4O2S/c1-2-19-11(9-6-4-3-5-7-9)12-17-13(20-18-12)10-8-21-14(15)16-10/h3-8,11H,2H2,1H3,(H2,15,16). The maximum Gasteiger partial charge on any atom is 0.277 e. The van der Waals surface area contributed by atoms with Crippen LogP contribution in [0.25, 0.3) is 11.6 Å². The van der Waals surface area contributed by atoms with Crippen molar-refractivity contribution in [2.75, 3.05) is 12.3 Å². The summed E-state index contributed by atoms with van der Waals surface area (Å²) < 4.78 is 11.0. The summed E-state index contributed by atoms with van der Waals surface area (Å²) in [6, 6.07) is 9.79. The van der Waals surface area contributed by atoms with Crippen LogP contribution in [0.3, 0.4) is 0 Å².